The maximum Gasteiger partial charge on any atom is 0.306 e. The van der Waals surface area contributed by atoms with Gasteiger partial charge in [-0.1, -0.05) is 272 Å². The molecule has 6 heteroatoms. The van der Waals surface area contributed by atoms with Gasteiger partial charge in [-0.3, -0.25) is 14.4 Å². The van der Waals surface area contributed by atoms with Crippen LogP contribution in [-0.4, -0.2) is 37.2 Å². The quantitative estimate of drug-likeness (QED) is 0.0199. The molecule has 0 spiro atoms. The van der Waals surface area contributed by atoms with Gasteiger partial charge in [0.25, 0.3) is 0 Å². The number of carbonyl (C=O) groups is 3. The predicted octanol–water partition coefficient (Wildman–Crippen LogP) is 21.7. The van der Waals surface area contributed by atoms with Crippen molar-refractivity contribution in [3.63, 3.8) is 0 Å². The van der Waals surface area contributed by atoms with Gasteiger partial charge in [0.15, 0.2) is 6.10 Å². The molecular formula is C69H118O6. The first kappa shape index (κ1) is 71.3. The third-order valence-corrected chi connectivity index (χ3v) is 13.6. The van der Waals surface area contributed by atoms with Crippen LogP contribution in [0.2, 0.25) is 0 Å². The van der Waals surface area contributed by atoms with Gasteiger partial charge in [-0.2, -0.15) is 0 Å². The van der Waals surface area contributed by atoms with E-state index in [1.165, 1.54) is 167 Å². The van der Waals surface area contributed by atoms with Gasteiger partial charge < -0.3 is 14.2 Å². The second-order valence-corrected chi connectivity index (χ2v) is 20.9. The fourth-order valence-electron chi connectivity index (χ4n) is 8.88. The van der Waals surface area contributed by atoms with Crippen molar-refractivity contribution in [2.24, 2.45) is 0 Å². The lowest BCUT2D eigenvalue weighted by atomic mass is 10.1. The summed E-state index contributed by atoms with van der Waals surface area (Å²) in [7, 11) is 0. The number of esters is 3. The Hall–Kier alpha value is -3.67. The van der Waals surface area contributed by atoms with Crippen LogP contribution in [0.25, 0.3) is 0 Å². The average molecular weight is 1040 g/mol. The normalized spacial score (nSPS) is 12.7. The molecule has 0 heterocycles. The Morgan fingerprint density at radius 1 is 0.293 bits per heavy atom. The van der Waals surface area contributed by atoms with Crippen LogP contribution in [0.1, 0.15) is 303 Å². The Bertz CT molecular complexity index is 1480. The first-order valence-electron chi connectivity index (χ1n) is 31.8. The minimum Gasteiger partial charge on any atom is -0.462 e. The number of unbranched alkanes of at least 4 members (excludes halogenated alkanes) is 31. The fourth-order valence-corrected chi connectivity index (χ4v) is 8.88. The zero-order valence-corrected chi connectivity index (χ0v) is 49.3. The van der Waals surface area contributed by atoms with Crippen molar-refractivity contribution >= 4 is 17.9 Å². The van der Waals surface area contributed by atoms with Crippen molar-refractivity contribution in [2.45, 2.75) is 309 Å². The molecule has 0 aliphatic rings. The summed E-state index contributed by atoms with van der Waals surface area (Å²) < 4.78 is 16.9. The molecule has 0 aliphatic heterocycles. The van der Waals surface area contributed by atoms with E-state index in [9.17, 15) is 14.4 Å². The number of ether oxygens (including phenoxy) is 3. The van der Waals surface area contributed by atoms with Gasteiger partial charge in [0.1, 0.15) is 13.2 Å². The third kappa shape index (κ3) is 61.1. The summed E-state index contributed by atoms with van der Waals surface area (Å²) >= 11 is 0. The van der Waals surface area contributed by atoms with Crippen molar-refractivity contribution in [1.29, 1.82) is 0 Å². The lowest BCUT2D eigenvalue weighted by molar-refractivity contribution is -0.167. The summed E-state index contributed by atoms with van der Waals surface area (Å²) in [6.07, 6.45) is 84.0. The summed E-state index contributed by atoms with van der Waals surface area (Å²) in [5.74, 6) is -0.886. The Balaban J connectivity index is 4.40. The molecule has 0 aromatic heterocycles. The van der Waals surface area contributed by atoms with Crippen molar-refractivity contribution in [3.05, 3.63) is 97.2 Å². The third-order valence-electron chi connectivity index (χ3n) is 13.6. The molecule has 0 amide bonds. The Morgan fingerprint density at radius 2 is 0.560 bits per heavy atom. The minimum atomic E-state index is -0.787. The Kier molecular flexibility index (Phi) is 59.8. The molecule has 0 saturated carbocycles. The zero-order chi connectivity index (χ0) is 54.3. The maximum atomic E-state index is 12.9. The van der Waals surface area contributed by atoms with Crippen molar-refractivity contribution in [3.8, 4) is 0 Å². The molecular weight excluding hydrogens is 925 g/mol. The van der Waals surface area contributed by atoms with Crippen LogP contribution >= 0.6 is 0 Å². The molecule has 75 heavy (non-hydrogen) atoms. The molecule has 430 valence electrons. The first-order valence-corrected chi connectivity index (χ1v) is 31.8. The van der Waals surface area contributed by atoms with Crippen molar-refractivity contribution < 1.29 is 28.6 Å². The molecule has 0 aromatic rings. The molecule has 0 saturated heterocycles. The molecule has 0 bridgehead atoms. The Morgan fingerprint density at radius 3 is 0.893 bits per heavy atom. The van der Waals surface area contributed by atoms with Crippen LogP contribution in [0.3, 0.4) is 0 Å². The average Bonchev–Trinajstić information content (AvgIpc) is 3.41. The number of carbonyl (C=O) groups excluding carboxylic acids is 3. The van der Waals surface area contributed by atoms with Gasteiger partial charge in [0.2, 0.25) is 0 Å². The summed E-state index contributed by atoms with van der Waals surface area (Å²) in [4.78, 5) is 38.4. The SMILES string of the molecule is CC/C=C\C/C=C\C/C=C\CCCCCCCCCCCC(=O)OCC(COC(=O)CCCCCCCCCCCC/C=C\C=C/CCCCC)OC(=O)CCCCCCCCCCC/C=C\C/C=C\C/C=C\CC. The van der Waals surface area contributed by atoms with Crippen LogP contribution < -0.4 is 0 Å². The molecule has 1 unspecified atom stereocenters. The highest BCUT2D eigenvalue weighted by molar-refractivity contribution is 5.71. The largest absolute Gasteiger partial charge is 0.462 e. The highest BCUT2D eigenvalue weighted by Gasteiger charge is 2.19. The molecule has 0 aliphatic carbocycles. The van der Waals surface area contributed by atoms with Crippen LogP contribution in [0.5, 0.6) is 0 Å². The van der Waals surface area contributed by atoms with E-state index in [-0.39, 0.29) is 31.1 Å². The lowest BCUT2D eigenvalue weighted by Crippen LogP contribution is -2.30. The second kappa shape index (κ2) is 62.9. The summed E-state index contributed by atoms with van der Waals surface area (Å²) in [6, 6.07) is 0. The lowest BCUT2D eigenvalue weighted by Gasteiger charge is -2.18. The predicted molar refractivity (Wildman–Crippen MR) is 325 cm³/mol. The number of hydrogen-bond acceptors (Lipinski definition) is 6. The zero-order valence-electron chi connectivity index (χ0n) is 49.3. The molecule has 0 radical (unpaired) electrons. The van der Waals surface area contributed by atoms with Gasteiger partial charge in [-0.15, -0.1) is 0 Å². The number of hydrogen-bond donors (Lipinski definition) is 0. The van der Waals surface area contributed by atoms with E-state index < -0.39 is 6.10 Å². The number of allylic oxidation sites excluding steroid dienone is 16. The first-order chi connectivity index (χ1) is 37.0. The molecule has 1 atom stereocenters. The van der Waals surface area contributed by atoms with Gasteiger partial charge in [0.05, 0.1) is 0 Å². The highest BCUT2D eigenvalue weighted by Crippen LogP contribution is 2.16. The topological polar surface area (TPSA) is 78.9 Å². The van der Waals surface area contributed by atoms with Crippen LogP contribution in [0.4, 0.5) is 0 Å². The maximum absolute atomic E-state index is 12.9. The molecule has 0 fully saturated rings. The monoisotopic (exact) mass is 1040 g/mol. The molecule has 0 rings (SSSR count). The van der Waals surface area contributed by atoms with E-state index in [2.05, 4.69) is 118 Å². The van der Waals surface area contributed by atoms with Gasteiger partial charge in [-0.05, 0) is 109 Å². The van der Waals surface area contributed by atoms with Crippen LogP contribution in [0.15, 0.2) is 97.2 Å². The van der Waals surface area contributed by atoms with Gasteiger partial charge in [-0.25, -0.2) is 0 Å². The number of rotatable bonds is 57. The standard InChI is InChI=1S/C69H118O6/c1-4-7-10-13-16-19-22-25-28-31-34-37-40-43-46-49-52-55-58-61-67(70)73-64-66(75-69(72)63-60-57-54-51-48-45-42-39-36-33-30-27-24-21-18-15-12-9-6-3)65-74-68(71)62-59-56-53-50-47-44-41-38-35-32-29-26-23-20-17-14-11-8-5-2/h7,9-10,12,16-21,23,25-28,30,66H,4-6,8,11,13-15,22,24,29,31-65H2,1-3H3/b10-7-,12-9-,19-16-,20-17-,21-18-,26-23-,28-25-,30-27-. The molecule has 6 nitrogen and oxygen atoms in total. The van der Waals surface area contributed by atoms with Crippen LogP contribution in [0, 0.1) is 0 Å². The van der Waals surface area contributed by atoms with Gasteiger partial charge in [0, 0.05) is 19.3 Å². The van der Waals surface area contributed by atoms with E-state index in [1.807, 2.05) is 0 Å². The van der Waals surface area contributed by atoms with Crippen molar-refractivity contribution in [2.75, 3.05) is 13.2 Å². The van der Waals surface area contributed by atoms with E-state index in [0.717, 1.165) is 96.3 Å². The van der Waals surface area contributed by atoms with E-state index in [4.69, 9.17) is 14.2 Å². The van der Waals surface area contributed by atoms with Crippen LogP contribution in [-0.2, 0) is 28.6 Å². The summed E-state index contributed by atoms with van der Waals surface area (Å²) in [6.45, 7) is 6.41. The smallest absolute Gasteiger partial charge is 0.306 e. The Labute approximate surface area is 464 Å². The van der Waals surface area contributed by atoms with E-state index in [1.54, 1.807) is 0 Å². The highest BCUT2D eigenvalue weighted by atomic mass is 16.6. The van der Waals surface area contributed by atoms with Crippen molar-refractivity contribution in [1.82, 2.24) is 0 Å². The second-order valence-electron chi connectivity index (χ2n) is 20.9. The summed E-state index contributed by atoms with van der Waals surface area (Å²) in [5.41, 5.74) is 0. The summed E-state index contributed by atoms with van der Waals surface area (Å²) in [5, 5.41) is 0. The van der Waals surface area contributed by atoms with E-state index >= 15 is 0 Å². The minimum absolute atomic E-state index is 0.0825. The molecule has 0 aromatic carbocycles. The molecule has 0 N–H and O–H groups in total. The fraction of sp³-hybridized carbons (Fsp3) is 0.725. The van der Waals surface area contributed by atoms with E-state index in [0.29, 0.717) is 19.3 Å². The van der Waals surface area contributed by atoms with Gasteiger partial charge >= 0.3 is 17.9 Å².